The quantitative estimate of drug-likeness (QED) is 0.324. The molecular formula is C21H19F3O6S. The van der Waals surface area contributed by atoms with E-state index in [0.717, 1.165) is 0 Å². The number of rotatable bonds is 5. The average Bonchev–Trinajstić information content (AvgIpc) is 2.65. The van der Waals surface area contributed by atoms with Gasteiger partial charge in [-0.05, 0) is 36.9 Å². The zero-order valence-electron chi connectivity index (χ0n) is 16.7. The number of carboxylic acids is 1. The summed E-state index contributed by atoms with van der Waals surface area (Å²) in [5.74, 6) is -2.24. The molecule has 0 amide bonds. The summed E-state index contributed by atoms with van der Waals surface area (Å²) in [6.45, 7) is 4.71. The Bertz CT molecular complexity index is 1260. The van der Waals surface area contributed by atoms with E-state index in [1.165, 1.54) is 18.2 Å². The van der Waals surface area contributed by atoms with Gasteiger partial charge in [0, 0.05) is 10.9 Å². The molecule has 0 aliphatic carbocycles. The van der Waals surface area contributed by atoms with Crippen molar-refractivity contribution in [2.24, 2.45) is 0 Å². The number of carbonyl (C=O) groups is 1. The van der Waals surface area contributed by atoms with Crippen molar-refractivity contribution in [3.05, 3.63) is 54.1 Å². The Balaban J connectivity index is 2.49. The first-order chi connectivity index (χ1) is 14.2. The van der Waals surface area contributed by atoms with Crippen LogP contribution in [0.4, 0.5) is 13.2 Å². The highest BCUT2D eigenvalue weighted by molar-refractivity contribution is 7.88. The second-order valence-electron chi connectivity index (χ2n) is 7.77. The molecule has 0 fully saturated rings. The topological polar surface area (TPSA) is 89.9 Å². The van der Waals surface area contributed by atoms with Crippen molar-refractivity contribution in [1.29, 1.82) is 0 Å². The summed E-state index contributed by atoms with van der Waals surface area (Å²) >= 11 is 0. The normalized spacial score (nSPS) is 14.0. The van der Waals surface area contributed by atoms with Gasteiger partial charge in [-0.25, -0.2) is 4.79 Å². The van der Waals surface area contributed by atoms with E-state index in [0.29, 0.717) is 10.8 Å². The Kier molecular flexibility index (Phi) is 5.66. The molecule has 0 radical (unpaired) electrons. The van der Waals surface area contributed by atoms with Crippen molar-refractivity contribution in [2.45, 2.75) is 38.0 Å². The third-order valence-corrected chi connectivity index (χ3v) is 5.31. The minimum Gasteiger partial charge on any atom is -0.479 e. The molecule has 0 aliphatic heterocycles. The lowest BCUT2D eigenvalue weighted by atomic mass is 9.93. The second kappa shape index (κ2) is 7.69. The van der Waals surface area contributed by atoms with Gasteiger partial charge in [0.15, 0.2) is 11.9 Å². The van der Waals surface area contributed by atoms with Crippen LogP contribution in [0.25, 0.3) is 21.5 Å². The first-order valence-corrected chi connectivity index (χ1v) is 10.5. The summed E-state index contributed by atoms with van der Waals surface area (Å²) < 4.78 is 73.4. The van der Waals surface area contributed by atoms with E-state index in [1.54, 1.807) is 51.1 Å². The minimum atomic E-state index is -6.08. The van der Waals surface area contributed by atoms with Gasteiger partial charge in [-0.15, -0.1) is 0 Å². The molecule has 3 rings (SSSR count). The predicted molar refractivity (Wildman–Crippen MR) is 108 cm³/mol. The lowest BCUT2D eigenvalue weighted by Crippen LogP contribution is -2.30. The summed E-state index contributed by atoms with van der Waals surface area (Å²) in [6, 6.07) is 12.4. The second-order valence-corrected chi connectivity index (χ2v) is 9.30. The Labute approximate surface area is 176 Å². The average molecular weight is 456 g/mol. The molecule has 1 atom stereocenters. The number of hydrogen-bond donors (Lipinski definition) is 1. The van der Waals surface area contributed by atoms with Gasteiger partial charge in [0.2, 0.25) is 0 Å². The lowest BCUT2D eigenvalue weighted by Gasteiger charge is -2.28. The molecule has 0 saturated heterocycles. The van der Waals surface area contributed by atoms with Crippen molar-refractivity contribution in [3.63, 3.8) is 0 Å². The maximum atomic E-state index is 13.1. The Morgan fingerprint density at radius 1 is 0.903 bits per heavy atom. The molecular weight excluding hydrogens is 437 g/mol. The Hall–Kier alpha value is -2.85. The third kappa shape index (κ3) is 4.45. The number of ether oxygens (including phenoxy) is 1. The number of benzene rings is 3. The smallest absolute Gasteiger partial charge is 0.479 e. The van der Waals surface area contributed by atoms with Gasteiger partial charge in [-0.2, -0.15) is 21.6 Å². The van der Waals surface area contributed by atoms with Gasteiger partial charge in [0.1, 0.15) is 0 Å². The highest BCUT2D eigenvalue weighted by Gasteiger charge is 2.49. The van der Waals surface area contributed by atoms with Crippen molar-refractivity contribution < 1.29 is 40.4 Å². The molecule has 166 valence electrons. The summed E-state index contributed by atoms with van der Waals surface area (Å²) in [5.41, 5.74) is -7.04. The molecule has 0 spiro atoms. The van der Waals surface area contributed by atoms with Gasteiger partial charge in [0.25, 0.3) is 0 Å². The van der Waals surface area contributed by atoms with E-state index in [4.69, 9.17) is 4.74 Å². The molecule has 1 N–H and O–H groups in total. The van der Waals surface area contributed by atoms with Crippen LogP contribution < -0.4 is 4.18 Å². The molecule has 3 aromatic carbocycles. The summed E-state index contributed by atoms with van der Waals surface area (Å²) in [6.07, 6.45) is -1.80. The lowest BCUT2D eigenvalue weighted by molar-refractivity contribution is -0.160. The van der Waals surface area contributed by atoms with Crippen molar-refractivity contribution in [2.75, 3.05) is 0 Å². The van der Waals surface area contributed by atoms with Crippen LogP contribution in [0.5, 0.6) is 5.75 Å². The molecule has 1 unspecified atom stereocenters. The van der Waals surface area contributed by atoms with Crippen LogP contribution in [0.1, 0.15) is 32.4 Å². The Morgan fingerprint density at radius 2 is 1.35 bits per heavy atom. The summed E-state index contributed by atoms with van der Waals surface area (Å²) in [4.78, 5) is 12.1. The van der Waals surface area contributed by atoms with Crippen molar-refractivity contribution >= 4 is 37.6 Å². The van der Waals surface area contributed by atoms with E-state index in [1.807, 2.05) is 0 Å². The number of aliphatic carboxylic acids is 1. The van der Waals surface area contributed by atoms with Gasteiger partial charge in [0.05, 0.1) is 5.60 Å². The summed E-state index contributed by atoms with van der Waals surface area (Å²) in [7, 11) is -6.08. The number of carboxylic acid groups (broad SMARTS) is 1. The van der Waals surface area contributed by atoms with Gasteiger partial charge in [-0.1, -0.05) is 48.5 Å². The van der Waals surface area contributed by atoms with Crippen molar-refractivity contribution in [3.8, 4) is 5.75 Å². The van der Waals surface area contributed by atoms with Gasteiger partial charge < -0.3 is 14.0 Å². The minimum absolute atomic E-state index is 0.00721. The molecule has 0 bridgehead atoms. The Morgan fingerprint density at radius 3 is 1.81 bits per heavy atom. The molecule has 0 aromatic heterocycles. The van der Waals surface area contributed by atoms with Crippen LogP contribution in [0.15, 0.2) is 48.5 Å². The van der Waals surface area contributed by atoms with Crippen LogP contribution >= 0.6 is 0 Å². The fourth-order valence-electron chi connectivity index (χ4n) is 3.23. The molecule has 0 saturated carbocycles. The van der Waals surface area contributed by atoms with Crippen LogP contribution in [-0.4, -0.2) is 30.6 Å². The zero-order valence-corrected chi connectivity index (χ0v) is 17.5. The molecule has 0 heterocycles. The van der Waals surface area contributed by atoms with E-state index >= 15 is 0 Å². The van der Waals surface area contributed by atoms with E-state index in [-0.39, 0.29) is 16.3 Å². The van der Waals surface area contributed by atoms with E-state index in [2.05, 4.69) is 4.18 Å². The largest absolute Gasteiger partial charge is 0.534 e. The third-order valence-electron chi connectivity index (χ3n) is 4.36. The molecule has 10 heteroatoms. The van der Waals surface area contributed by atoms with Crippen LogP contribution in [-0.2, 0) is 19.6 Å². The first kappa shape index (κ1) is 22.8. The highest BCUT2D eigenvalue weighted by atomic mass is 32.2. The number of fused-ring (bicyclic) bond motifs is 3. The van der Waals surface area contributed by atoms with Crippen LogP contribution in [0, 0.1) is 0 Å². The number of halogens is 3. The highest BCUT2D eigenvalue weighted by Crippen LogP contribution is 2.45. The monoisotopic (exact) mass is 456 g/mol. The number of hydrogen-bond acceptors (Lipinski definition) is 5. The molecule has 6 nitrogen and oxygen atoms in total. The zero-order chi connectivity index (χ0) is 23.2. The first-order valence-electron chi connectivity index (χ1n) is 9.07. The summed E-state index contributed by atoms with van der Waals surface area (Å²) in [5, 5.41) is 11.0. The molecule has 0 aliphatic rings. The standard InChI is InChI=1S/C21H19F3O6S/c1-20(2,3)29-18(19(25)26)16-14-10-6-4-8-12(14)13-9-5-7-11-15(13)17(16)30-31(27,28)21(22,23)24/h4-11,18H,1-3H3,(H,25,26). The SMILES string of the molecule is CC(C)(C)OC(C(=O)O)c1c(OS(=O)(=O)C(F)(F)F)c2ccccc2c2ccccc12. The molecule has 31 heavy (non-hydrogen) atoms. The van der Waals surface area contributed by atoms with Crippen molar-refractivity contribution in [1.82, 2.24) is 0 Å². The van der Waals surface area contributed by atoms with Crippen LogP contribution in [0.2, 0.25) is 0 Å². The fourth-order valence-corrected chi connectivity index (χ4v) is 3.72. The van der Waals surface area contributed by atoms with Gasteiger partial charge in [-0.3, -0.25) is 0 Å². The predicted octanol–water partition coefficient (Wildman–Crippen LogP) is 5.16. The maximum absolute atomic E-state index is 13.1. The van der Waals surface area contributed by atoms with E-state index < -0.39 is 39.1 Å². The van der Waals surface area contributed by atoms with Crippen LogP contribution in [0.3, 0.4) is 0 Å². The number of alkyl halides is 3. The van der Waals surface area contributed by atoms with Gasteiger partial charge >= 0.3 is 21.6 Å². The fraction of sp³-hybridized carbons (Fsp3) is 0.286. The van der Waals surface area contributed by atoms with E-state index in [9.17, 15) is 31.5 Å². The molecule has 3 aromatic rings. The maximum Gasteiger partial charge on any atom is 0.534 e.